The summed E-state index contributed by atoms with van der Waals surface area (Å²) in [6, 6.07) is 3.62. The Morgan fingerprint density at radius 2 is 2.11 bits per heavy atom. The minimum Gasteiger partial charge on any atom is -0.329 e. The lowest BCUT2D eigenvalue weighted by atomic mass is 10.1. The van der Waals surface area contributed by atoms with E-state index in [4.69, 9.17) is 4.84 Å². The third-order valence-corrected chi connectivity index (χ3v) is 4.41. The molecule has 1 aromatic carbocycles. The van der Waals surface area contributed by atoms with Crippen LogP contribution < -0.4 is 0 Å². The molecule has 2 aromatic rings. The summed E-state index contributed by atoms with van der Waals surface area (Å²) < 4.78 is 56.0. The summed E-state index contributed by atoms with van der Waals surface area (Å²) in [5, 5.41) is 4.43. The minimum absolute atomic E-state index is 0.0771. The second-order valence-electron chi connectivity index (χ2n) is 6.39. The third kappa shape index (κ3) is 4.26. The van der Waals surface area contributed by atoms with Crippen LogP contribution in [0.2, 0.25) is 0 Å². The van der Waals surface area contributed by atoms with Crippen molar-refractivity contribution in [3.8, 4) is 11.4 Å². The summed E-state index contributed by atoms with van der Waals surface area (Å²) in [5.74, 6) is -2.86. The fourth-order valence-electron chi connectivity index (χ4n) is 2.82. The van der Waals surface area contributed by atoms with Crippen molar-refractivity contribution >= 4 is 5.91 Å². The molecule has 146 valence electrons. The lowest BCUT2D eigenvalue weighted by molar-refractivity contribution is -0.188. The number of hydroxylamine groups is 2. The molecule has 1 fully saturated rings. The monoisotopic (exact) mass is 387 g/mol. The van der Waals surface area contributed by atoms with E-state index in [1.54, 1.807) is 0 Å². The maximum atomic E-state index is 14.3. The van der Waals surface area contributed by atoms with Gasteiger partial charge in [0.1, 0.15) is 5.82 Å². The third-order valence-electron chi connectivity index (χ3n) is 4.41. The summed E-state index contributed by atoms with van der Waals surface area (Å²) in [6.45, 7) is 1.89. The number of aromatic nitrogens is 2. The van der Waals surface area contributed by atoms with Gasteiger partial charge in [-0.2, -0.15) is 18.2 Å². The molecule has 1 amide bonds. The van der Waals surface area contributed by atoms with Gasteiger partial charge in [-0.1, -0.05) is 11.2 Å². The molecule has 1 unspecified atom stereocenters. The van der Waals surface area contributed by atoms with Gasteiger partial charge in [0, 0.05) is 0 Å². The van der Waals surface area contributed by atoms with Gasteiger partial charge >= 0.3 is 12.1 Å². The van der Waals surface area contributed by atoms with Gasteiger partial charge in [-0.25, -0.2) is 9.45 Å². The Morgan fingerprint density at radius 1 is 1.41 bits per heavy atom. The number of halogens is 4. The zero-order chi connectivity index (χ0) is 19.8. The smallest absolute Gasteiger partial charge is 0.329 e. The van der Waals surface area contributed by atoms with Gasteiger partial charge in [0.15, 0.2) is 0 Å². The van der Waals surface area contributed by atoms with Crippen molar-refractivity contribution in [2.24, 2.45) is 5.92 Å². The molecular formula is C17H17F4N3O3. The normalized spacial score (nSPS) is 15.6. The number of rotatable bonds is 6. The first-order valence-corrected chi connectivity index (χ1v) is 8.26. The summed E-state index contributed by atoms with van der Waals surface area (Å²) in [7, 11) is 1.40. The maximum Gasteiger partial charge on any atom is 0.471 e. The van der Waals surface area contributed by atoms with E-state index in [1.807, 2.05) is 6.92 Å². The number of hydrogen-bond acceptors (Lipinski definition) is 5. The Hall–Kier alpha value is -2.49. The van der Waals surface area contributed by atoms with Gasteiger partial charge in [0.2, 0.25) is 5.82 Å². The number of benzene rings is 1. The highest BCUT2D eigenvalue weighted by Gasteiger charge is 2.39. The number of hydrogen-bond donors (Lipinski definition) is 0. The highest BCUT2D eigenvalue weighted by Crippen LogP contribution is 2.35. The summed E-state index contributed by atoms with van der Waals surface area (Å²) >= 11 is 0. The van der Waals surface area contributed by atoms with Gasteiger partial charge in [0.05, 0.1) is 25.1 Å². The highest BCUT2D eigenvalue weighted by molar-refractivity contribution is 5.78. The van der Waals surface area contributed by atoms with Gasteiger partial charge in [-0.05, 0) is 43.4 Å². The summed E-state index contributed by atoms with van der Waals surface area (Å²) in [5.41, 5.74) is 0.103. The Labute approximate surface area is 152 Å². The van der Waals surface area contributed by atoms with E-state index in [-0.39, 0.29) is 23.9 Å². The van der Waals surface area contributed by atoms with Crippen LogP contribution in [0.1, 0.15) is 31.2 Å². The zero-order valence-electron chi connectivity index (χ0n) is 14.6. The standard InChI is InChI=1S/C17H17F4N3O3/c1-9(11-4-5-11)24(26-2)14(25)8-10-3-6-12(13(18)7-10)15-22-16(27-23-15)17(19,20)21/h3,6-7,9,11H,4-5,8H2,1-2H3. The fourth-order valence-corrected chi connectivity index (χ4v) is 2.82. The largest absolute Gasteiger partial charge is 0.471 e. The molecule has 1 heterocycles. The van der Waals surface area contributed by atoms with Gasteiger partial charge in [-0.3, -0.25) is 9.63 Å². The molecule has 0 bridgehead atoms. The van der Waals surface area contributed by atoms with Crippen LogP contribution >= 0.6 is 0 Å². The molecule has 0 radical (unpaired) electrons. The van der Waals surface area contributed by atoms with Crippen molar-refractivity contribution in [3.05, 3.63) is 35.5 Å². The van der Waals surface area contributed by atoms with Crippen molar-refractivity contribution in [2.75, 3.05) is 7.11 Å². The van der Waals surface area contributed by atoms with E-state index >= 15 is 0 Å². The van der Waals surface area contributed by atoms with Crippen molar-refractivity contribution in [3.63, 3.8) is 0 Å². The summed E-state index contributed by atoms with van der Waals surface area (Å²) in [4.78, 5) is 20.7. The lowest BCUT2D eigenvalue weighted by Crippen LogP contribution is -2.39. The Morgan fingerprint density at radius 3 is 2.63 bits per heavy atom. The molecule has 1 saturated carbocycles. The van der Waals surface area contributed by atoms with E-state index in [0.717, 1.165) is 18.9 Å². The molecule has 0 spiro atoms. The molecular weight excluding hydrogens is 370 g/mol. The molecule has 1 aliphatic rings. The van der Waals surface area contributed by atoms with Gasteiger partial charge in [-0.15, -0.1) is 0 Å². The molecule has 0 aliphatic heterocycles. The van der Waals surface area contributed by atoms with Crippen molar-refractivity contribution in [1.29, 1.82) is 0 Å². The van der Waals surface area contributed by atoms with Crippen LogP contribution in [0.5, 0.6) is 0 Å². The number of carbonyl (C=O) groups is 1. The molecule has 27 heavy (non-hydrogen) atoms. The van der Waals surface area contributed by atoms with E-state index in [0.29, 0.717) is 11.5 Å². The zero-order valence-corrected chi connectivity index (χ0v) is 14.6. The van der Waals surface area contributed by atoms with Crippen molar-refractivity contribution < 1.29 is 31.7 Å². The van der Waals surface area contributed by atoms with Crippen LogP contribution in [0.4, 0.5) is 17.6 Å². The predicted octanol–water partition coefficient (Wildman–Crippen LogP) is 3.63. The van der Waals surface area contributed by atoms with Crippen molar-refractivity contribution in [1.82, 2.24) is 15.2 Å². The average Bonchev–Trinajstić information content (AvgIpc) is 3.31. The van der Waals surface area contributed by atoms with Crippen LogP contribution in [-0.4, -0.2) is 34.3 Å². The van der Waals surface area contributed by atoms with Crippen LogP contribution in [0.25, 0.3) is 11.4 Å². The number of carbonyl (C=O) groups excluding carboxylic acids is 1. The van der Waals surface area contributed by atoms with Gasteiger partial charge < -0.3 is 4.52 Å². The van der Waals surface area contributed by atoms with E-state index in [9.17, 15) is 22.4 Å². The number of amides is 1. The van der Waals surface area contributed by atoms with Crippen LogP contribution in [0, 0.1) is 11.7 Å². The average molecular weight is 387 g/mol. The van der Waals surface area contributed by atoms with E-state index < -0.39 is 23.7 Å². The van der Waals surface area contributed by atoms with Crippen LogP contribution in [-0.2, 0) is 22.2 Å². The topological polar surface area (TPSA) is 68.5 Å². The second-order valence-corrected chi connectivity index (χ2v) is 6.39. The van der Waals surface area contributed by atoms with E-state index in [1.165, 1.54) is 24.3 Å². The Kier molecular flexibility index (Phi) is 5.18. The molecule has 1 aliphatic carbocycles. The molecule has 3 rings (SSSR count). The fraction of sp³-hybridized carbons (Fsp3) is 0.471. The molecule has 0 saturated heterocycles. The first-order valence-electron chi connectivity index (χ1n) is 8.26. The SMILES string of the molecule is CON(C(=O)Cc1ccc(-c2noc(C(F)(F)F)n2)c(F)c1)C(C)C1CC1. The van der Waals surface area contributed by atoms with Crippen molar-refractivity contribution in [2.45, 2.75) is 38.4 Å². The summed E-state index contributed by atoms with van der Waals surface area (Å²) in [6.07, 6.45) is -2.86. The predicted molar refractivity (Wildman–Crippen MR) is 84.4 cm³/mol. The molecule has 1 aromatic heterocycles. The van der Waals surface area contributed by atoms with Crippen LogP contribution in [0.15, 0.2) is 22.7 Å². The first kappa shape index (κ1) is 19.3. The number of alkyl halides is 3. The molecule has 10 heteroatoms. The minimum atomic E-state index is -4.81. The molecule has 1 atom stereocenters. The first-order chi connectivity index (χ1) is 12.7. The Balaban J connectivity index is 1.74. The van der Waals surface area contributed by atoms with Crippen LogP contribution in [0.3, 0.4) is 0 Å². The highest BCUT2D eigenvalue weighted by atomic mass is 19.4. The Bertz CT molecular complexity index is 833. The number of nitrogens with zero attached hydrogens (tertiary/aromatic N) is 3. The molecule has 0 N–H and O–H groups in total. The molecule has 6 nitrogen and oxygen atoms in total. The van der Waals surface area contributed by atoms with E-state index in [2.05, 4.69) is 14.7 Å². The quantitative estimate of drug-likeness (QED) is 0.559. The maximum absolute atomic E-state index is 14.3. The lowest BCUT2D eigenvalue weighted by Gasteiger charge is -2.26. The van der Waals surface area contributed by atoms with Gasteiger partial charge in [0.25, 0.3) is 5.91 Å². The second kappa shape index (κ2) is 7.26.